The Balaban J connectivity index is 2.14. The van der Waals surface area contributed by atoms with Crippen molar-refractivity contribution in [1.29, 1.82) is 0 Å². The summed E-state index contributed by atoms with van der Waals surface area (Å²) in [5, 5.41) is 0. The third kappa shape index (κ3) is 2.18. The van der Waals surface area contributed by atoms with Gasteiger partial charge in [-0.3, -0.25) is 15.1 Å². The lowest BCUT2D eigenvalue weighted by Gasteiger charge is -2.16. The molecule has 96 valence electrons. The molecule has 4 heteroatoms. The molecule has 2 rings (SSSR count). The van der Waals surface area contributed by atoms with Gasteiger partial charge in [0.25, 0.3) is 0 Å². The molecule has 1 fully saturated rings. The molecule has 4 nitrogen and oxygen atoms in total. The van der Waals surface area contributed by atoms with Crippen molar-refractivity contribution in [3.8, 4) is 0 Å². The van der Waals surface area contributed by atoms with Crippen LogP contribution >= 0.6 is 0 Å². The molecule has 0 aromatic heterocycles. The minimum absolute atomic E-state index is 0.0218. The van der Waals surface area contributed by atoms with Crippen LogP contribution in [0.25, 0.3) is 0 Å². The van der Waals surface area contributed by atoms with Crippen molar-refractivity contribution < 1.29 is 14.4 Å². The summed E-state index contributed by atoms with van der Waals surface area (Å²) in [6, 6.07) is 0. The maximum atomic E-state index is 11.5. The SMILES string of the molecule is CCC(CC)C1=C2CC(C(=O)OC)CC2ON1. The topological polar surface area (TPSA) is 47.6 Å². The van der Waals surface area contributed by atoms with Gasteiger partial charge in [-0.15, -0.1) is 0 Å². The van der Waals surface area contributed by atoms with E-state index < -0.39 is 0 Å². The summed E-state index contributed by atoms with van der Waals surface area (Å²) in [6.07, 6.45) is 3.81. The highest BCUT2D eigenvalue weighted by molar-refractivity contribution is 5.73. The molecule has 2 aliphatic rings. The number of fused-ring (bicyclic) bond motifs is 1. The number of allylic oxidation sites excluding steroid dienone is 1. The first-order valence-corrected chi connectivity index (χ1v) is 6.43. The number of rotatable bonds is 4. The summed E-state index contributed by atoms with van der Waals surface area (Å²) in [5.41, 5.74) is 5.57. The maximum Gasteiger partial charge on any atom is 0.309 e. The number of ether oxygens (including phenoxy) is 1. The van der Waals surface area contributed by atoms with E-state index >= 15 is 0 Å². The molecule has 0 spiro atoms. The average molecular weight is 239 g/mol. The van der Waals surface area contributed by atoms with Crippen LogP contribution in [0.15, 0.2) is 11.3 Å². The van der Waals surface area contributed by atoms with Crippen molar-refractivity contribution in [3.05, 3.63) is 11.3 Å². The van der Waals surface area contributed by atoms with Gasteiger partial charge >= 0.3 is 5.97 Å². The minimum atomic E-state index is -0.112. The molecule has 0 aromatic carbocycles. The van der Waals surface area contributed by atoms with Gasteiger partial charge in [-0.2, -0.15) is 0 Å². The highest BCUT2D eigenvalue weighted by Gasteiger charge is 2.41. The number of nitrogens with one attached hydrogen (secondary N) is 1. The van der Waals surface area contributed by atoms with Gasteiger partial charge in [-0.25, -0.2) is 0 Å². The lowest BCUT2D eigenvalue weighted by molar-refractivity contribution is -0.145. The van der Waals surface area contributed by atoms with E-state index in [1.54, 1.807) is 0 Å². The molecule has 2 atom stereocenters. The molecule has 1 aliphatic carbocycles. The Kier molecular flexibility index (Phi) is 3.72. The molecule has 2 unspecified atom stereocenters. The fraction of sp³-hybridized carbons (Fsp3) is 0.769. The number of carbonyl (C=O) groups is 1. The number of carbonyl (C=O) groups excluding carboxylic acids is 1. The molecule has 1 saturated carbocycles. The lowest BCUT2D eigenvalue weighted by Crippen LogP contribution is -2.20. The molecular formula is C13H21NO3. The second-order valence-electron chi connectivity index (χ2n) is 4.82. The van der Waals surface area contributed by atoms with E-state index in [9.17, 15) is 4.79 Å². The Labute approximate surface area is 102 Å². The lowest BCUT2D eigenvalue weighted by atomic mass is 9.94. The second-order valence-corrected chi connectivity index (χ2v) is 4.82. The van der Waals surface area contributed by atoms with Crippen LogP contribution in [0.1, 0.15) is 39.5 Å². The van der Waals surface area contributed by atoms with Crippen LogP contribution in [0.5, 0.6) is 0 Å². The van der Waals surface area contributed by atoms with E-state index in [1.165, 1.54) is 18.4 Å². The van der Waals surface area contributed by atoms with Crippen molar-refractivity contribution in [2.75, 3.05) is 7.11 Å². The first-order chi connectivity index (χ1) is 8.21. The highest BCUT2D eigenvalue weighted by atomic mass is 16.7. The van der Waals surface area contributed by atoms with E-state index in [-0.39, 0.29) is 18.0 Å². The van der Waals surface area contributed by atoms with Crippen LogP contribution in [0.4, 0.5) is 0 Å². The minimum Gasteiger partial charge on any atom is -0.469 e. The van der Waals surface area contributed by atoms with Gasteiger partial charge in [0.1, 0.15) is 6.10 Å². The number of hydrogen-bond acceptors (Lipinski definition) is 4. The van der Waals surface area contributed by atoms with Crippen molar-refractivity contribution in [2.24, 2.45) is 11.8 Å². The summed E-state index contributed by atoms with van der Waals surface area (Å²) >= 11 is 0. The molecule has 1 heterocycles. The first kappa shape index (κ1) is 12.4. The number of methoxy groups -OCH3 is 1. The quantitative estimate of drug-likeness (QED) is 0.764. The molecule has 17 heavy (non-hydrogen) atoms. The molecule has 0 aromatic rings. The van der Waals surface area contributed by atoms with Crippen LogP contribution in [-0.2, 0) is 14.4 Å². The van der Waals surface area contributed by atoms with Crippen LogP contribution in [-0.4, -0.2) is 19.2 Å². The Bertz CT molecular complexity index is 334. The third-order valence-corrected chi connectivity index (χ3v) is 3.94. The summed E-state index contributed by atoms with van der Waals surface area (Å²) in [7, 11) is 1.45. The molecule has 0 radical (unpaired) electrons. The molecular weight excluding hydrogens is 218 g/mol. The van der Waals surface area contributed by atoms with E-state index in [1.807, 2.05) is 0 Å². The van der Waals surface area contributed by atoms with Crippen LogP contribution < -0.4 is 5.48 Å². The van der Waals surface area contributed by atoms with Gasteiger partial charge in [-0.1, -0.05) is 13.8 Å². The Hall–Kier alpha value is -1.03. The molecule has 0 amide bonds. The maximum absolute atomic E-state index is 11.5. The van der Waals surface area contributed by atoms with Crippen LogP contribution in [0, 0.1) is 11.8 Å². The monoisotopic (exact) mass is 239 g/mol. The summed E-state index contributed by atoms with van der Waals surface area (Å²) in [5.74, 6) is 0.386. The average Bonchev–Trinajstić information content (AvgIpc) is 2.91. The van der Waals surface area contributed by atoms with Gasteiger partial charge in [0.2, 0.25) is 0 Å². The zero-order chi connectivity index (χ0) is 12.4. The standard InChI is InChI=1S/C13H21NO3/c1-4-8(5-2)12-10-6-9(13(15)16-3)7-11(10)17-14-12/h8-9,11,14H,4-7H2,1-3H3. The van der Waals surface area contributed by atoms with Gasteiger partial charge in [0.15, 0.2) is 0 Å². The fourth-order valence-corrected chi connectivity index (χ4v) is 2.87. The molecule has 0 bridgehead atoms. The second kappa shape index (κ2) is 5.08. The zero-order valence-electron chi connectivity index (χ0n) is 10.8. The van der Waals surface area contributed by atoms with Gasteiger partial charge in [0, 0.05) is 11.6 Å². The number of hydroxylamine groups is 1. The fourth-order valence-electron chi connectivity index (χ4n) is 2.87. The first-order valence-electron chi connectivity index (χ1n) is 6.43. The van der Waals surface area contributed by atoms with Crippen molar-refractivity contribution >= 4 is 5.97 Å². The van der Waals surface area contributed by atoms with Gasteiger partial charge in [-0.05, 0) is 31.3 Å². The van der Waals surface area contributed by atoms with E-state index in [2.05, 4.69) is 19.3 Å². The predicted molar refractivity (Wildman–Crippen MR) is 63.8 cm³/mol. The summed E-state index contributed by atoms with van der Waals surface area (Å²) < 4.78 is 4.81. The Morgan fingerprint density at radius 3 is 2.82 bits per heavy atom. The molecule has 0 saturated heterocycles. The van der Waals surface area contributed by atoms with E-state index in [0.29, 0.717) is 5.92 Å². The van der Waals surface area contributed by atoms with Crippen LogP contribution in [0.3, 0.4) is 0 Å². The van der Waals surface area contributed by atoms with Crippen molar-refractivity contribution in [1.82, 2.24) is 5.48 Å². The Morgan fingerprint density at radius 1 is 1.53 bits per heavy atom. The normalized spacial score (nSPS) is 27.3. The third-order valence-electron chi connectivity index (χ3n) is 3.94. The number of esters is 1. The van der Waals surface area contributed by atoms with Crippen molar-refractivity contribution in [2.45, 2.75) is 45.6 Å². The largest absolute Gasteiger partial charge is 0.469 e. The zero-order valence-corrected chi connectivity index (χ0v) is 10.8. The molecule has 1 aliphatic heterocycles. The summed E-state index contributed by atoms with van der Waals surface area (Å²) in [6.45, 7) is 4.37. The smallest absolute Gasteiger partial charge is 0.309 e. The van der Waals surface area contributed by atoms with Crippen molar-refractivity contribution in [3.63, 3.8) is 0 Å². The van der Waals surface area contributed by atoms with E-state index in [4.69, 9.17) is 9.57 Å². The molecule has 1 N–H and O–H groups in total. The van der Waals surface area contributed by atoms with Gasteiger partial charge in [0.05, 0.1) is 13.0 Å². The highest BCUT2D eigenvalue weighted by Crippen LogP contribution is 2.40. The summed E-state index contributed by atoms with van der Waals surface area (Å²) in [4.78, 5) is 17.1. The predicted octanol–water partition coefficient (Wildman–Crippen LogP) is 2.16. The van der Waals surface area contributed by atoms with Crippen LogP contribution in [0.2, 0.25) is 0 Å². The Morgan fingerprint density at radius 2 is 2.24 bits per heavy atom. The van der Waals surface area contributed by atoms with E-state index in [0.717, 1.165) is 25.7 Å². The van der Waals surface area contributed by atoms with Gasteiger partial charge < -0.3 is 4.74 Å². The number of hydrogen-bond donors (Lipinski definition) is 1.